The van der Waals surface area contributed by atoms with Crippen LogP contribution in [0.2, 0.25) is 5.82 Å². The number of hydrogen-bond acceptors (Lipinski definition) is 10. The summed E-state index contributed by atoms with van der Waals surface area (Å²) >= 11 is 0. The second-order valence-electron chi connectivity index (χ2n) is 10.7. The molecule has 0 aromatic rings. The first-order chi connectivity index (χ1) is 19.1. The zero-order valence-corrected chi connectivity index (χ0v) is 32.4. The molecule has 10 nitrogen and oxygen atoms in total. The van der Waals surface area contributed by atoms with Crippen LogP contribution in [-0.2, 0) is 82.4 Å². The van der Waals surface area contributed by atoms with Crippen LogP contribution in [0.15, 0.2) is 0 Å². The van der Waals surface area contributed by atoms with Crippen LogP contribution in [0.1, 0.15) is 66.2 Å². The Morgan fingerprint density at radius 3 is 2.18 bits per heavy atom. The van der Waals surface area contributed by atoms with E-state index in [9.17, 15) is 14.4 Å². The second kappa shape index (κ2) is 30.1. The molecule has 0 spiro atoms. The van der Waals surface area contributed by atoms with Gasteiger partial charge in [-0.2, -0.15) is 0 Å². The van der Waals surface area contributed by atoms with Gasteiger partial charge in [-0.1, -0.05) is 32.7 Å². The van der Waals surface area contributed by atoms with E-state index in [0.717, 1.165) is 45.4 Å². The molecule has 0 aliphatic carbocycles. The summed E-state index contributed by atoms with van der Waals surface area (Å²) in [4.78, 5) is 34.5. The molecule has 7 unspecified atom stereocenters. The number of ketones is 1. The summed E-state index contributed by atoms with van der Waals surface area (Å²) in [6.07, 6.45) is 2.76. The van der Waals surface area contributed by atoms with Gasteiger partial charge in [0.2, 0.25) is 0 Å². The number of carbonyl (C=O) groups is 3. The molecule has 2 fully saturated rings. The predicted molar refractivity (Wildman–Crippen MR) is 165 cm³/mol. The Bertz CT molecular complexity index is 738. The van der Waals surface area contributed by atoms with Crippen LogP contribution in [0.5, 0.6) is 0 Å². The molecular formula is C31H57BNO9VW-. The number of hydrogen-bond donors (Lipinski definition) is 1. The van der Waals surface area contributed by atoms with Crippen molar-refractivity contribution in [2.75, 3.05) is 53.2 Å². The van der Waals surface area contributed by atoms with Gasteiger partial charge in [0, 0.05) is 86.5 Å². The molecule has 2 heterocycles. The zero-order chi connectivity index (χ0) is 29.9. The van der Waals surface area contributed by atoms with Gasteiger partial charge in [-0.3, -0.25) is 14.4 Å². The van der Waals surface area contributed by atoms with Crippen LogP contribution in [0.3, 0.4) is 0 Å². The first-order valence-electron chi connectivity index (χ1n) is 14.5. The van der Waals surface area contributed by atoms with E-state index in [0.29, 0.717) is 44.4 Å². The molecule has 2 rings (SSSR count). The van der Waals surface area contributed by atoms with E-state index >= 15 is 0 Å². The van der Waals surface area contributed by atoms with Gasteiger partial charge in [-0.15, -0.1) is 0 Å². The summed E-state index contributed by atoms with van der Waals surface area (Å²) in [5, 5.41) is 3.26. The van der Waals surface area contributed by atoms with Gasteiger partial charge < -0.3 is 55.5 Å². The molecule has 13 heteroatoms. The monoisotopic (exact) mass is 833 g/mol. The maximum Gasteiger partial charge on any atom is 2.00 e. The number of methoxy groups -OCH3 is 1. The van der Waals surface area contributed by atoms with E-state index in [1.165, 1.54) is 13.8 Å². The van der Waals surface area contributed by atoms with Crippen molar-refractivity contribution < 1.29 is 82.4 Å². The summed E-state index contributed by atoms with van der Waals surface area (Å²) in [6.45, 7) is 14.5. The van der Waals surface area contributed by atoms with Gasteiger partial charge >= 0.3 is 30.5 Å². The maximum atomic E-state index is 11.8. The van der Waals surface area contributed by atoms with Crippen molar-refractivity contribution >= 4 is 25.6 Å². The average molecular weight is 833 g/mol. The molecule has 1 N–H and O–H groups in total. The number of rotatable bonds is 16. The number of piperidine rings is 1. The molecule has 2 aliphatic heterocycles. The van der Waals surface area contributed by atoms with Crippen LogP contribution < -0.4 is 5.32 Å². The summed E-state index contributed by atoms with van der Waals surface area (Å²) in [5.41, 5.74) is 0. The fourth-order valence-electron chi connectivity index (χ4n) is 4.81. The van der Waals surface area contributed by atoms with Crippen LogP contribution in [0.4, 0.5) is 0 Å². The Morgan fingerprint density at radius 1 is 0.955 bits per heavy atom. The number of Topliss-reactive ketones (excluding diaryl/α,β-unsaturated/α-hetero) is 1. The van der Waals surface area contributed by atoms with E-state index < -0.39 is 30.4 Å². The first-order valence-corrected chi connectivity index (χ1v) is 14.5. The third-order valence-electron chi connectivity index (χ3n) is 7.10. The quantitative estimate of drug-likeness (QED) is 0.106. The SMILES string of the molecule is [B]C1CNCC(COC)C1.[CH2-]COCCCC(=O)CCCCOC1OC(COC(C)=O)C(OC(C)=O)C(C)C1C.[CH3-].[CH3-].[V+2].[W]. The van der Waals surface area contributed by atoms with Crippen molar-refractivity contribution in [1.82, 2.24) is 5.32 Å². The molecule has 0 aromatic heterocycles. The number of ether oxygens (including phenoxy) is 6. The summed E-state index contributed by atoms with van der Waals surface area (Å²) < 4.78 is 32.6. The van der Waals surface area contributed by atoms with Crippen LogP contribution in [-0.4, -0.2) is 97.3 Å². The number of unbranched alkanes of at least 4 members (excludes halogenated alkanes) is 1. The van der Waals surface area contributed by atoms with Crippen LogP contribution in [0, 0.1) is 39.5 Å². The number of nitrogens with one attached hydrogen (secondary N) is 1. The molecule has 0 amide bonds. The molecule has 7 atom stereocenters. The Labute approximate surface area is 295 Å². The fraction of sp³-hybridized carbons (Fsp3) is 0.806. The molecule has 3 radical (unpaired) electrons. The molecule has 0 bridgehead atoms. The van der Waals surface area contributed by atoms with Crippen molar-refractivity contribution in [1.29, 1.82) is 0 Å². The van der Waals surface area contributed by atoms with Gasteiger partial charge in [0.05, 0.1) is 14.5 Å². The predicted octanol–water partition coefficient (Wildman–Crippen LogP) is 3.96. The molecule has 0 saturated carbocycles. The summed E-state index contributed by atoms with van der Waals surface area (Å²) in [7, 11) is 7.47. The van der Waals surface area contributed by atoms with E-state index in [-0.39, 0.29) is 78.7 Å². The van der Waals surface area contributed by atoms with E-state index in [2.05, 4.69) is 12.2 Å². The molecule has 0 aromatic carbocycles. The Hall–Kier alpha value is -0.252. The van der Waals surface area contributed by atoms with Crippen molar-refractivity contribution in [3.05, 3.63) is 21.8 Å². The molecule has 44 heavy (non-hydrogen) atoms. The topological polar surface area (TPSA) is 119 Å². The van der Waals surface area contributed by atoms with Gasteiger partial charge in [-0.05, 0) is 31.7 Å². The fourth-order valence-corrected chi connectivity index (χ4v) is 4.81. The van der Waals surface area contributed by atoms with Gasteiger partial charge in [0.1, 0.15) is 24.6 Å². The normalized spacial score (nSPS) is 25.6. The van der Waals surface area contributed by atoms with E-state index in [4.69, 9.17) is 36.3 Å². The van der Waals surface area contributed by atoms with E-state index in [1.54, 1.807) is 7.11 Å². The van der Waals surface area contributed by atoms with Gasteiger partial charge in [0.15, 0.2) is 6.29 Å². The molecular weight excluding hydrogens is 776 g/mol. The number of esters is 2. The maximum absolute atomic E-state index is 11.8. The average Bonchev–Trinajstić information content (AvgIpc) is 2.90. The van der Waals surface area contributed by atoms with Crippen molar-refractivity contribution in [3.8, 4) is 0 Å². The molecule has 2 saturated heterocycles. The van der Waals surface area contributed by atoms with Crippen LogP contribution in [0.25, 0.3) is 0 Å². The van der Waals surface area contributed by atoms with Gasteiger partial charge in [0.25, 0.3) is 0 Å². The van der Waals surface area contributed by atoms with Crippen molar-refractivity contribution in [2.24, 2.45) is 17.8 Å². The van der Waals surface area contributed by atoms with Crippen molar-refractivity contribution in [3.63, 3.8) is 0 Å². The Kier molecular flexibility index (Phi) is 34.6. The summed E-state index contributed by atoms with van der Waals surface area (Å²) in [5.74, 6) is 0.295. The Balaban J connectivity index is -0.000000487. The molecule has 255 valence electrons. The van der Waals surface area contributed by atoms with Crippen molar-refractivity contribution in [2.45, 2.75) is 90.5 Å². The van der Waals surface area contributed by atoms with E-state index in [1.807, 2.05) is 13.8 Å². The van der Waals surface area contributed by atoms with Gasteiger partial charge in [-0.25, -0.2) is 0 Å². The first kappa shape index (κ1) is 50.6. The minimum absolute atomic E-state index is 0. The standard InChI is InChI=1S/C22H37O8.C7H14BNO.2CH3.V.W/c1-6-26-12-9-11-19(25)10-7-8-13-27-22-16(3)15(2)21(29-18(5)24)20(30-22)14-28-17(4)23;1-10-5-6-2-7(8)4-9-3-6;;;;/h15-16,20-22H,1,6-14H2,2-5H3;6-7,9H,2-5H2,1H3;2*1H3;;/q-1;;2*-1;+2;. The Morgan fingerprint density at radius 2 is 1.61 bits per heavy atom. The third kappa shape index (κ3) is 22.3. The zero-order valence-electron chi connectivity index (χ0n) is 28.0. The smallest absolute Gasteiger partial charge is 0.463 e. The molecule has 2 aliphatic rings. The largest absolute Gasteiger partial charge is 2.00 e. The minimum atomic E-state index is -0.587. The third-order valence-corrected chi connectivity index (χ3v) is 7.10. The number of carbonyl (C=O) groups excluding carboxylic acids is 3. The second-order valence-corrected chi connectivity index (χ2v) is 10.7. The summed E-state index contributed by atoms with van der Waals surface area (Å²) in [6, 6.07) is 0. The van der Waals surface area contributed by atoms with Crippen LogP contribution >= 0.6 is 0 Å². The minimum Gasteiger partial charge on any atom is -0.463 e.